The fraction of sp³-hybridized carbons (Fsp3) is 0.0698. The van der Waals surface area contributed by atoms with Gasteiger partial charge in [0.25, 0.3) is 0 Å². The molecule has 0 radical (unpaired) electrons. The summed E-state index contributed by atoms with van der Waals surface area (Å²) in [6.45, 7) is 4.78. The van der Waals surface area contributed by atoms with E-state index in [-0.39, 0.29) is 5.41 Å². The molecule has 1 aliphatic carbocycles. The van der Waals surface area contributed by atoms with Crippen LogP contribution in [0.25, 0.3) is 76.5 Å². The second-order valence-electron chi connectivity index (χ2n) is 12.6. The van der Waals surface area contributed by atoms with E-state index in [1.54, 1.807) is 0 Å². The van der Waals surface area contributed by atoms with Gasteiger partial charge in [-0.3, -0.25) is 0 Å². The Balaban J connectivity index is 1.22. The summed E-state index contributed by atoms with van der Waals surface area (Å²) in [6.07, 6.45) is 0. The molecule has 0 nitrogen and oxygen atoms in total. The maximum atomic E-state index is 2.48. The Bertz CT molecular complexity index is 2420. The van der Waals surface area contributed by atoms with Crippen molar-refractivity contribution in [2.45, 2.75) is 19.3 Å². The van der Waals surface area contributed by atoms with Crippen LogP contribution < -0.4 is 0 Å². The molecule has 43 heavy (non-hydrogen) atoms. The van der Waals surface area contributed by atoms with Crippen molar-refractivity contribution < 1.29 is 0 Å². The third kappa shape index (κ3) is 3.57. The second-order valence-corrected chi connectivity index (χ2v) is 12.6. The summed E-state index contributed by atoms with van der Waals surface area (Å²) in [5, 5.41) is 10.4. The van der Waals surface area contributed by atoms with Crippen LogP contribution in [0.1, 0.15) is 25.0 Å². The maximum Gasteiger partial charge on any atom is 0.0159 e. The molecule has 0 heteroatoms. The molecule has 0 spiro atoms. The molecule has 0 atom stereocenters. The summed E-state index contributed by atoms with van der Waals surface area (Å²) in [6, 6.07) is 54.1. The van der Waals surface area contributed by atoms with Crippen molar-refractivity contribution in [2.75, 3.05) is 0 Å². The highest BCUT2D eigenvalue weighted by molar-refractivity contribution is 6.14. The highest BCUT2D eigenvalue weighted by Crippen LogP contribution is 2.55. The van der Waals surface area contributed by atoms with E-state index in [0.29, 0.717) is 0 Å². The summed E-state index contributed by atoms with van der Waals surface area (Å²) in [4.78, 5) is 0. The monoisotopic (exact) mass is 546 g/mol. The largest absolute Gasteiger partial charge is 0.0616 e. The molecule has 0 heterocycles. The molecule has 202 valence electrons. The third-order valence-electron chi connectivity index (χ3n) is 9.80. The van der Waals surface area contributed by atoms with Crippen LogP contribution in [0, 0.1) is 0 Å². The maximum absolute atomic E-state index is 2.48. The van der Waals surface area contributed by atoms with Crippen molar-refractivity contribution in [2.24, 2.45) is 0 Å². The van der Waals surface area contributed by atoms with Gasteiger partial charge in [0, 0.05) is 5.41 Å². The Hall–Kier alpha value is -5.20. The first kappa shape index (κ1) is 24.4. The fourth-order valence-corrected chi connectivity index (χ4v) is 7.54. The summed E-state index contributed by atoms with van der Waals surface area (Å²) in [5.74, 6) is 0. The third-order valence-corrected chi connectivity index (χ3v) is 9.80. The summed E-state index contributed by atoms with van der Waals surface area (Å²) in [7, 11) is 0. The highest BCUT2D eigenvalue weighted by atomic mass is 14.4. The standard InChI is InChI=1S/C43H30/c1-43(2)39-22-21-28-10-5-6-12-35(28)41(39)42-37-14-8-7-13-36(37)38(26-40(42)43)34-20-19-32-24-31(17-18-33(32)25-34)30-16-15-27-9-3-4-11-29(27)23-30/h3-26H,1-2H3. The van der Waals surface area contributed by atoms with Crippen molar-refractivity contribution in [1.82, 2.24) is 0 Å². The van der Waals surface area contributed by atoms with Crippen LogP contribution in [-0.2, 0) is 5.41 Å². The van der Waals surface area contributed by atoms with Gasteiger partial charge in [0.05, 0.1) is 0 Å². The molecule has 8 aromatic carbocycles. The Morgan fingerprint density at radius 3 is 1.58 bits per heavy atom. The minimum absolute atomic E-state index is 0.0842. The topological polar surface area (TPSA) is 0 Å². The van der Waals surface area contributed by atoms with Crippen molar-refractivity contribution >= 4 is 43.1 Å². The minimum Gasteiger partial charge on any atom is -0.0616 e. The van der Waals surface area contributed by atoms with Gasteiger partial charge in [-0.05, 0) is 112 Å². The average Bonchev–Trinajstić information content (AvgIpc) is 3.30. The smallest absolute Gasteiger partial charge is 0.0159 e. The number of hydrogen-bond acceptors (Lipinski definition) is 0. The number of hydrogen-bond donors (Lipinski definition) is 0. The van der Waals surface area contributed by atoms with E-state index in [9.17, 15) is 0 Å². The molecule has 0 aliphatic heterocycles. The molecule has 0 unspecified atom stereocenters. The molecule has 9 rings (SSSR count). The molecule has 0 N–H and O–H groups in total. The normalized spacial score (nSPS) is 13.5. The van der Waals surface area contributed by atoms with Gasteiger partial charge in [-0.2, -0.15) is 0 Å². The predicted molar refractivity (Wildman–Crippen MR) is 185 cm³/mol. The van der Waals surface area contributed by atoms with Crippen molar-refractivity contribution in [1.29, 1.82) is 0 Å². The lowest BCUT2D eigenvalue weighted by Gasteiger charge is -2.23. The minimum atomic E-state index is -0.0842. The predicted octanol–water partition coefficient (Wildman–Crippen LogP) is 11.9. The zero-order valence-electron chi connectivity index (χ0n) is 24.4. The fourth-order valence-electron chi connectivity index (χ4n) is 7.54. The quantitative estimate of drug-likeness (QED) is 0.202. The van der Waals surface area contributed by atoms with Gasteiger partial charge in [0.2, 0.25) is 0 Å². The Kier molecular flexibility index (Phi) is 5.05. The van der Waals surface area contributed by atoms with Gasteiger partial charge < -0.3 is 0 Å². The lowest BCUT2D eigenvalue weighted by atomic mass is 9.80. The van der Waals surface area contributed by atoms with Crippen molar-refractivity contribution in [3.8, 4) is 33.4 Å². The van der Waals surface area contributed by atoms with E-state index >= 15 is 0 Å². The first-order valence-corrected chi connectivity index (χ1v) is 15.2. The van der Waals surface area contributed by atoms with Crippen LogP contribution in [0.15, 0.2) is 146 Å². The van der Waals surface area contributed by atoms with Gasteiger partial charge >= 0.3 is 0 Å². The summed E-state index contributed by atoms with van der Waals surface area (Å²) in [5.41, 5.74) is 10.6. The summed E-state index contributed by atoms with van der Waals surface area (Å²) >= 11 is 0. The van der Waals surface area contributed by atoms with Crippen LogP contribution in [0.2, 0.25) is 0 Å². The van der Waals surface area contributed by atoms with Crippen LogP contribution in [0.3, 0.4) is 0 Å². The van der Waals surface area contributed by atoms with E-state index in [4.69, 9.17) is 0 Å². The van der Waals surface area contributed by atoms with Crippen molar-refractivity contribution in [3.63, 3.8) is 0 Å². The molecule has 8 aromatic rings. The first-order valence-electron chi connectivity index (χ1n) is 15.2. The van der Waals surface area contributed by atoms with Gasteiger partial charge in [-0.25, -0.2) is 0 Å². The van der Waals surface area contributed by atoms with Crippen LogP contribution in [0.5, 0.6) is 0 Å². The van der Waals surface area contributed by atoms with Gasteiger partial charge in [0.15, 0.2) is 0 Å². The highest BCUT2D eigenvalue weighted by Gasteiger charge is 2.38. The Labute approximate surface area is 251 Å². The number of rotatable bonds is 2. The van der Waals surface area contributed by atoms with Crippen molar-refractivity contribution in [3.05, 3.63) is 157 Å². The van der Waals surface area contributed by atoms with Gasteiger partial charge in [-0.15, -0.1) is 0 Å². The molecule has 0 aromatic heterocycles. The molecule has 0 saturated carbocycles. The zero-order chi connectivity index (χ0) is 28.7. The Morgan fingerprint density at radius 1 is 0.349 bits per heavy atom. The van der Waals surface area contributed by atoms with E-state index in [0.717, 1.165) is 0 Å². The van der Waals surface area contributed by atoms with E-state index in [1.165, 1.54) is 87.6 Å². The molecule has 0 saturated heterocycles. The molecule has 1 aliphatic rings. The van der Waals surface area contributed by atoms with Gasteiger partial charge in [-0.1, -0.05) is 135 Å². The van der Waals surface area contributed by atoms with Crippen LogP contribution >= 0.6 is 0 Å². The van der Waals surface area contributed by atoms with Crippen LogP contribution in [0.4, 0.5) is 0 Å². The molecule has 0 amide bonds. The number of benzene rings is 8. The first-order chi connectivity index (χ1) is 21.1. The lowest BCUT2D eigenvalue weighted by Crippen LogP contribution is -2.15. The van der Waals surface area contributed by atoms with E-state index in [1.807, 2.05) is 0 Å². The Morgan fingerprint density at radius 2 is 0.837 bits per heavy atom. The molecule has 0 fully saturated rings. The molecule has 0 bridgehead atoms. The second kappa shape index (κ2) is 8.90. The zero-order valence-corrected chi connectivity index (χ0v) is 24.4. The lowest BCUT2D eigenvalue weighted by molar-refractivity contribution is 0.661. The summed E-state index contributed by atoms with van der Waals surface area (Å²) < 4.78 is 0. The molecular formula is C43H30. The molecular weight excluding hydrogens is 516 g/mol. The average molecular weight is 547 g/mol. The number of fused-ring (bicyclic) bond motifs is 9. The van der Waals surface area contributed by atoms with E-state index < -0.39 is 0 Å². The van der Waals surface area contributed by atoms with Crippen LogP contribution in [-0.4, -0.2) is 0 Å². The van der Waals surface area contributed by atoms with Gasteiger partial charge in [0.1, 0.15) is 0 Å². The van der Waals surface area contributed by atoms with E-state index in [2.05, 4.69) is 159 Å². The SMILES string of the molecule is CC1(C)c2ccc3ccccc3c2-c2c1cc(-c1ccc3cc(-c4ccc5ccccc5c4)ccc3c1)c1ccccc21.